The van der Waals surface area contributed by atoms with Crippen molar-refractivity contribution in [3.63, 3.8) is 0 Å². The molecule has 3 aliphatic heterocycles. The smallest absolute Gasteiger partial charge is 0.313 e. The van der Waals surface area contributed by atoms with Gasteiger partial charge in [0.25, 0.3) is 0 Å². The van der Waals surface area contributed by atoms with Gasteiger partial charge in [0.05, 0.1) is 36.6 Å². The Morgan fingerprint density at radius 2 is 1.75 bits per heavy atom. The van der Waals surface area contributed by atoms with Crippen LogP contribution in [0.15, 0.2) is 55.6 Å². The van der Waals surface area contributed by atoms with Crippen LogP contribution in [0.5, 0.6) is 0 Å². The van der Waals surface area contributed by atoms with E-state index in [4.69, 9.17) is 9.47 Å². The van der Waals surface area contributed by atoms with Gasteiger partial charge in [-0.15, -0.1) is 13.2 Å². The normalized spacial score (nSPS) is 26.9. The number of hydrogen-bond acceptors (Lipinski definition) is 7. The Morgan fingerprint density at radius 1 is 1.11 bits per heavy atom. The summed E-state index contributed by atoms with van der Waals surface area (Å²) in [6.45, 7) is 23.9. The van der Waals surface area contributed by atoms with Crippen LogP contribution in [0.3, 0.4) is 0 Å². The van der Waals surface area contributed by atoms with Crippen molar-refractivity contribution in [3.05, 3.63) is 61.2 Å². The van der Waals surface area contributed by atoms with E-state index in [2.05, 4.69) is 49.9 Å². The van der Waals surface area contributed by atoms with Crippen LogP contribution in [-0.4, -0.2) is 104 Å². The molecule has 3 amide bonds. The maximum Gasteiger partial charge on any atom is 0.313 e. The summed E-state index contributed by atoms with van der Waals surface area (Å²) in [7, 11) is 1.69. The number of benzene rings is 1. The Labute approximate surface area is 325 Å². The fourth-order valence-electron chi connectivity index (χ4n) is 9.26. The van der Waals surface area contributed by atoms with Gasteiger partial charge in [0.1, 0.15) is 17.7 Å². The average Bonchev–Trinajstić information content (AvgIpc) is 3.68. The molecule has 10 nitrogen and oxygen atoms in total. The van der Waals surface area contributed by atoms with E-state index in [-0.39, 0.29) is 53.5 Å². The third kappa shape index (κ3) is 8.62. The van der Waals surface area contributed by atoms with E-state index in [9.17, 15) is 19.5 Å². The summed E-state index contributed by atoms with van der Waals surface area (Å²) in [6, 6.07) is 6.96. The van der Waals surface area contributed by atoms with E-state index >= 15 is 4.79 Å². The molecule has 294 valence electrons. The van der Waals surface area contributed by atoms with Crippen LogP contribution in [0, 0.1) is 23.2 Å². The number of esters is 1. The summed E-state index contributed by atoms with van der Waals surface area (Å²) in [5.74, 6) is -3.35. The van der Waals surface area contributed by atoms with Crippen LogP contribution >= 0.6 is 15.9 Å². The molecule has 3 aliphatic rings. The monoisotopic (exact) mass is 799 g/mol. The number of ether oxygens (including phenoxy) is 2. The molecule has 0 aliphatic carbocycles. The van der Waals surface area contributed by atoms with Gasteiger partial charge < -0.3 is 29.3 Å². The number of aliphatic hydroxyl groups excluding tert-OH is 1. The quantitative estimate of drug-likeness (QED) is 0.109. The van der Waals surface area contributed by atoms with Crippen LogP contribution in [-0.2, 0) is 28.7 Å². The number of aliphatic hydroxyl groups is 1. The van der Waals surface area contributed by atoms with Gasteiger partial charge in [-0.2, -0.15) is 0 Å². The summed E-state index contributed by atoms with van der Waals surface area (Å²) >= 11 is 3.79. The van der Waals surface area contributed by atoms with Gasteiger partial charge in [-0.1, -0.05) is 93.0 Å². The van der Waals surface area contributed by atoms with Crippen LogP contribution in [0.2, 0.25) is 0 Å². The number of halogens is 1. The molecule has 1 spiro atoms. The number of likely N-dealkylation sites (N-methyl/N-ethyl adjacent to an activating group) is 1. The van der Waals surface area contributed by atoms with Crippen LogP contribution < -0.4 is 0 Å². The van der Waals surface area contributed by atoms with Crippen molar-refractivity contribution in [2.75, 3.05) is 20.2 Å². The lowest BCUT2D eigenvalue weighted by Gasteiger charge is -2.46. The highest BCUT2D eigenvalue weighted by molar-refractivity contribution is 9.09. The Hall–Kier alpha value is -3.02. The van der Waals surface area contributed by atoms with E-state index in [1.165, 1.54) is 0 Å². The van der Waals surface area contributed by atoms with Gasteiger partial charge in [0, 0.05) is 30.4 Å². The second-order valence-corrected chi connectivity index (χ2v) is 18.7. The molecule has 4 rings (SSSR count). The molecule has 1 aromatic carbocycles. The highest BCUT2D eigenvalue weighted by atomic mass is 79.9. The molecule has 0 saturated carbocycles. The number of nitrogens with zero attached hydrogens (tertiary/aromatic N) is 3. The third-order valence-electron chi connectivity index (χ3n) is 11.2. The first-order valence-corrected chi connectivity index (χ1v) is 20.0. The largest absolute Gasteiger partial charge is 0.455 e. The van der Waals surface area contributed by atoms with Gasteiger partial charge >= 0.3 is 5.97 Å². The van der Waals surface area contributed by atoms with Crippen LogP contribution in [0.25, 0.3) is 0 Å². The summed E-state index contributed by atoms with van der Waals surface area (Å²) in [5.41, 5.74) is -1.38. The van der Waals surface area contributed by atoms with E-state index in [1.807, 2.05) is 65.0 Å². The molecule has 1 N–H and O–H groups in total. The molecule has 2 bridgehead atoms. The lowest BCUT2D eigenvalue weighted by molar-refractivity contribution is -0.165. The number of likely N-dealkylation sites (tertiary alicyclic amines) is 1. The van der Waals surface area contributed by atoms with Crippen LogP contribution in [0.4, 0.5) is 0 Å². The van der Waals surface area contributed by atoms with Crippen molar-refractivity contribution in [2.24, 2.45) is 23.2 Å². The second-order valence-electron chi connectivity index (χ2n) is 17.5. The molecule has 1 aromatic rings. The molecule has 9 atom stereocenters. The van der Waals surface area contributed by atoms with Gasteiger partial charge in [0.15, 0.2) is 0 Å². The maximum atomic E-state index is 15.3. The second kappa shape index (κ2) is 16.8. The zero-order valence-electron chi connectivity index (χ0n) is 33.2. The number of carbonyl (C=O) groups excluding carboxylic acids is 4. The molecular weight excluding hydrogens is 738 g/mol. The molecule has 0 radical (unpaired) electrons. The highest BCUT2D eigenvalue weighted by Gasteiger charge is 2.78. The Balaban J connectivity index is 1.80. The van der Waals surface area contributed by atoms with Crippen molar-refractivity contribution in [1.29, 1.82) is 0 Å². The lowest BCUT2D eigenvalue weighted by atomic mass is 9.70. The number of hydrogen-bond donors (Lipinski definition) is 1. The maximum absolute atomic E-state index is 15.3. The van der Waals surface area contributed by atoms with E-state index in [0.29, 0.717) is 31.2 Å². The predicted octanol–water partition coefficient (Wildman–Crippen LogP) is 6.47. The van der Waals surface area contributed by atoms with Crippen molar-refractivity contribution < 1.29 is 33.8 Å². The zero-order valence-corrected chi connectivity index (χ0v) is 34.8. The fraction of sp³-hybridized carbons (Fsp3) is 0.667. The van der Waals surface area contributed by atoms with Crippen LogP contribution in [0.1, 0.15) is 99.2 Å². The van der Waals surface area contributed by atoms with Gasteiger partial charge in [-0.3, -0.25) is 19.2 Å². The first-order chi connectivity index (χ1) is 24.8. The summed E-state index contributed by atoms with van der Waals surface area (Å²) < 4.78 is 13.3. The zero-order chi connectivity index (χ0) is 39.6. The summed E-state index contributed by atoms with van der Waals surface area (Å²) in [4.78, 5) is 62.6. The SMILES string of the molecule is C=CCCC(=O)N(C)[C@@H](C)[C@@H](OC(=O)[C@@H]1[C@H]2O[C@@]3(CC2Br)[C@H](C(=O)N(CC=C)C(C)(C)CC(C)(C)C)N([C@@H](CO)CC(C)C)C(=O)[C@@H]13)c1ccccc1. The molecule has 0 aromatic heterocycles. The molecule has 1 unspecified atom stereocenters. The van der Waals surface area contributed by atoms with Crippen molar-refractivity contribution >= 4 is 39.6 Å². The van der Waals surface area contributed by atoms with E-state index in [1.54, 1.807) is 33.9 Å². The summed E-state index contributed by atoms with van der Waals surface area (Å²) in [6.07, 6.45) is 4.05. The van der Waals surface area contributed by atoms with Gasteiger partial charge in [0.2, 0.25) is 17.7 Å². The average molecular weight is 801 g/mol. The van der Waals surface area contributed by atoms with E-state index in [0.717, 1.165) is 0 Å². The minimum atomic E-state index is -1.34. The number of allylic oxidation sites excluding steroid dienone is 1. The Bertz CT molecular complexity index is 1510. The van der Waals surface area contributed by atoms with Gasteiger partial charge in [-0.25, -0.2) is 0 Å². The first kappa shape index (κ1) is 42.7. The first-order valence-electron chi connectivity index (χ1n) is 19.1. The molecule has 11 heteroatoms. The minimum absolute atomic E-state index is 0.108. The number of amides is 3. The van der Waals surface area contributed by atoms with Crippen molar-refractivity contribution in [2.45, 2.75) is 134 Å². The Kier molecular flexibility index (Phi) is 13.5. The highest BCUT2D eigenvalue weighted by Crippen LogP contribution is 2.61. The van der Waals surface area contributed by atoms with E-state index < -0.39 is 59.3 Å². The number of carbonyl (C=O) groups is 4. The predicted molar refractivity (Wildman–Crippen MR) is 210 cm³/mol. The summed E-state index contributed by atoms with van der Waals surface area (Å²) in [5, 5.41) is 10.8. The topological polar surface area (TPSA) is 117 Å². The van der Waals surface area contributed by atoms with Crippen molar-refractivity contribution in [3.8, 4) is 0 Å². The minimum Gasteiger partial charge on any atom is -0.455 e. The molecule has 3 fully saturated rings. The van der Waals surface area contributed by atoms with Crippen molar-refractivity contribution in [1.82, 2.24) is 14.7 Å². The molecular formula is C42H62BrN3O7. The third-order valence-corrected chi connectivity index (χ3v) is 12.1. The molecule has 3 saturated heterocycles. The standard InChI is InChI=1S/C42H62BrN3O7/c1-12-14-20-31(48)44(11)27(5)34(28-18-16-15-17-19-28)52-39(51)32-33-37(49)46(29(24-47)22-26(3)4)36(42(33)23-30(43)35(32)53-42)38(50)45(21-13-2)41(9,10)25-40(6,7)8/h12-13,15-19,26-27,29-30,32-36,47H,1-2,14,20-25H2,3-11H3/t27-,29+,30?,32-,33+,34+,35-,36-,42+/m0/s1. The molecule has 3 heterocycles. The number of alkyl halides is 1. The molecule has 53 heavy (non-hydrogen) atoms. The lowest BCUT2D eigenvalue weighted by Crippen LogP contribution is -2.62. The Morgan fingerprint density at radius 3 is 2.30 bits per heavy atom. The van der Waals surface area contributed by atoms with Gasteiger partial charge in [-0.05, 0) is 63.4 Å². The fourth-order valence-corrected chi connectivity index (χ4v) is 10.2. The number of rotatable bonds is 17. The number of fused-ring (bicyclic) bond motifs is 1.